The molecule has 1 rings (SSSR count). The molecule has 0 fully saturated rings. The second kappa shape index (κ2) is 6.45. The Morgan fingerprint density at radius 3 is 2.41 bits per heavy atom. The summed E-state index contributed by atoms with van der Waals surface area (Å²) in [6.07, 6.45) is 5.59. The summed E-state index contributed by atoms with van der Waals surface area (Å²) in [5.74, 6) is 0.0540. The van der Waals surface area contributed by atoms with Gasteiger partial charge in [0.25, 0.3) is 0 Å². The van der Waals surface area contributed by atoms with Gasteiger partial charge in [0.15, 0.2) is 0 Å². The monoisotopic (exact) mass is 253 g/mol. The van der Waals surface area contributed by atoms with E-state index in [2.05, 4.69) is 6.92 Å². The zero-order valence-electron chi connectivity index (χ0n) is 10.3. The van der Waals surface area contributed by atoms with Crippen LogP contribution >= 0.6 is 0 Å². The Morgan fingerprint density at radius 2 is 1.82 bits per heavy atom. The summed E-state index contributed by atoms with van der Waals surface area (Å²) in [7, 11) is -1.67. The van der Waals surface area contributed by atoms with Crippen LogP contribution in [0.3, 0.4) is 0 Å². The average Bonchev–Trinajstić information content (AvgIpc) is 2.35. The lowest BCUT2D eigenvalue weighted by atomic mass is 10.3. The summed E-state index contributed by atoms with van der Waals surface area (Å²) in [4.78, 5) is 0. The third-order valence-corrected chi connectivity index (χ3v) is 4.12. The number of hydrogen-bond acceptors (Lipinski definition) is 2. The molecule has 0 bridgehead atoms. The zero-order valence-corrected chi connectivity index (χ0v) is 11.2. The van der Waals surface area contributed by atoms with E-state index in [1.54, 1.807) is 25.3 Å². The van der Waals surface area contributed by atoms with E-state index in [1.807, 2.05) is 24.3 Å². The molecule has 1 aromatic rings. The van der Waals surface area contributed by atoms with Gasteiger partial charge in [-0.2, -0.15) is 0 Å². The highest BCUT2D eigenvalue weighted by Crippen LogP contribution is 2.15. The van der Waals surface area contributed by atoms with Crippen LogP contribution in [-0.4, -0.2) is 21.2 Å². The maximum Gasteiger partial charge on any atom is 0.238 e. The summed E-state index contributed by atoms with van der Waals surface area (Å²) in [5, 5.41) is 0. The van der Waals surface area contributed by atoms with Crippen molar-refractivity contribution in [1.29, 1.82) is 0 Å². The molecule has 0 aliphatic carbocycles. The van der Waals surface area contributed by atoms with Crippen LogP contribution in [0.1, 0.15) is 19.8 Å². The highest BCUT2D eigenvalue weighted by molar-refractivity contribution is 7.92. The number of benzene rings is 1. The van der Waals surface area contributed by atoms with Crippen LogP contribution in [0.2, 0.25) is 0 Å². The third-order valence-electron chi connectivity index (χ3n) is 2.47. The quantitative estimate of drug-likeness (QED) is 0.731. The highest BCUT2D eigenvalue weighted by Gasteiger charge is 2.15. The van der Waals surface area contributed by atoms with Crippen LogP contribution in [-0.2, 0) is 10.0 Å². The second-order valence-corrected chi connectivity index (χ2v) is 5.89. The molecule has 0 aromatic heterocycles. The fourth-order valence-corrected chi connectivity index (χ4v) is 2.43. The van der Waals surface area contributed by atoms with Crippen molar-refractivity contribution in [2.75, 3.05) is 17.1 Å². The van der Waals surface area contributed by atoms with E-state index in [-0.39, 0.29) is 5.75 Å². The van der Waals surface area contributed by atoms with Crippen molar-refractivity contribution in [3.8, 4) is 0 Å². The molecule has 0 saturated carbocycles. The first-order chi connectivity index (χ1) is 8.08. The van der Waals surface area contributed by atoms with Crippen LogP contribution in [0.5, 0.6) is 0 Å². The van der Waals surface area contributed by atoms with Gasteiger partial charge in [-0.05, 0) is 18.6 Å². The largest absolute Gasteiger partial charge is 0.273 e. The van der Waals surface area contributed by atoms with E-state index in [4.69, 9.17) is 0 Å². The molecule has 4 heteroatoms. The van der Waals surface area contributed by atoms with Gasteiger partial charge in [-0.3, -0.25) is 4.31 Å². The van der Waals surface area contributed by atoms with Crippen molar-refractivity contribution < 1.29 is 8.42 Å². The maximum absolute atomic E-state index is 12.0. The van der Waals surface area contributed by atoms with Crippen molar-refractivity contribution in [2.24, 2.45) is 0 Å². The molecule has 0 aliphatic heterocycles. The van der Waals surface area contributed by atoms with Crippen molar-refractivity contribution in [3.63, 3.8) is 0 Å². The number of unbranched alkanes of at least 4 members (excludes halogenated alkanes) is 1. The fraction of sp³-hybridized carbons (Fsp3) is 0.385. The molecule has 0 unspecified atom stereocenters. The second-order valence-electron chi connectivity index (χ2n) is 3.84. The Labute approximate surface area is 104 Å². The topological polar surface area (TPSA) is 37.4 Å². The molecule has 94 valence electrons. The predicted molar refractivity (Wildman–Crippen MR) is 72.7 cm³/mol. The van der Waals surface area contributed by atoms with Gasteiger partial charge in [-0.25, -0.2) is 8.42 Å². The third kappa shape index (κ3) is 4.23. The van der Waals surface area contributed by atoms with Gasteiger partial charge >= 0.3 is 0 Å². The first-order valence-electron chi connectivity index (χ1n) is 5.74. The van der Waals surface area contributed by atoms with Crippen molar-refractivity contribution >= 4 is 15.7 Å². The summed E-state index contributed by atoms with van der Waals surface area (Å²) in [6, 6.07) is 9.09. The summed E-state index contributed by atoms with van der Waals surface area (Å²) in [5.41, 5.74) is 0.691. The number of anilines is 1. The number of nitrogens with zero attached hydrogens (tertiary/aromatic N) is 1. The van der Waals surface area contributed by atoms with E-state index in [9.17, 15) is 8.42 Å². The molecule has 0 amide bonds. The van der Waals surface area contributed by atoms with Gasteiger partial charge in [0, 0.05) is 7.05 Å². The van der Waals surface area contributed by atoms with E-state index in [1.165, 1.54) is 4.31 Å². The van der Waals surface area contributed by atoms with Gasteiger partial charge in [-0.1, -0.05) is 43.7 Å². The Hall–Kier alpha value is -1.29. The van der Waals surface area contributed by atoms with E-state index >= 15 is 0 Å². The first kappa shape index (κ1) is 13.8. The molecule has 1 aromatic carbocycles. The minimum Gasteiger partial charge on any atom is -0.273 e. The van der Waals surface area contributed by atoms with Crippen molar-refractivity contribution in [1.82, 2.24) is 0 Å². The Bertz CT molecular complexity index is 452. The lowest BCUT2D eigenvalue weighted by Gasteiger charge is -2.18. The Morgan fingerprint density at radius 1 is 1.18 bits per heavy atom. The molecule has 0 atom stereocenters. The minimum absolute atomic E-state index is 0.0540. The summed E-state index contributed by atoms with van der Waals surface area (Å²) in [6.45, 7) is 2.06. The molecule has 17 heavy (non-hydrogen) atoms. The molecule has 0 aliphatic rings. The summed E-state index contributed by atoms with van der Waals surface area (Å²) >= 11 is 0. The van der Waals surface area contributed by atoms with Crippen LogP contribution in [0, 0.1) is 0 Å². The lowest BCUT2D eigenvalue weighted by Crippen LogP contribution is -2.28. The first-order valence-corrected chi connectivity index (χ1v) is 7.35. The van der Waals surface area contributed by atoms with E-state index < -0.39 is 10.0 Å². The van der Waals surface area contributed by atoms with Crippen LogP contribution in [0.15, 0.2) is 42.5 Å². The molecular formula is C13H19NO2S. The van der Waals surface area contributed by atoms with Gasteiger partial charge < -0.3 is 0 Å². The fourth-order valence-electron chi connectivity index (χ4n) is 1.38. The average molecular weight is 253 g/mol. The normalized spacial score (nSPS) is 11.9. The molecule has 0 saturated heterocycles. The molecule has 0 heterocycles. The molecule has 3 nitrogen and oxygen atoms in total. The minimum atomic E-state index is -3.25. The standard InChI is InChI=1S/C13H19NO2S/c1-3-4-5-9-12-17(15,16)14(2)13-10-7-6-8-11-13/h5-11H,3-4,12H2,1-2H3/b9-5+. The van der Waals surface area contributed by atoms with Gasteiger partial charge in [0.1, 0.15) is 0 Å². The smallest absolute Gasteiger partial charge is 0.238 e. The molecule has 0 spiro atoms. The lowest BCUT2D eigenvalue weighted by molar-refractivity contribution is 0.597. The van der Waals surface area contributed by atoms with Crippen LogP contribution in [0.4, 0.5) is 5.69 Å². The Kier molecular flexibility index (Phi) is 5.22. The van der Waals surface area contributed by atoms with Gasteiger partial charge in [0.2, 0.25) is 10.0 Å². The highest BCUT2D eigenvalue weighted by atomic mass is 32.2. The molecular weight excluding hydrogens is 234 g/mol. The SMILES string of the molecule is CCC/C=C/CS(=O)(=O)N(C)c1ccccc1. The summed E-state index contributed by atoms with van der Waals surface area (Å²) < 4.78 is 25.3. The Balaban J connectivity index is 2.71. The van der Waals surface area contributed by atoms with Crippen molar-refractivity contribution in [3.05, 3.63) is 42.5 Å². The maximum atomic E-state index is 12.0. The predicted octanol–water partition coefficient (Wildman–Crippen LogP) is 2.81. The molecule has 0 N–H and O–H groups in total. The van der Waals surface area contributed by atoms with Gasteiger partial charge in [0.05, 0.1) is 11.4 Å². The number of sulfonamides is 1. The zero-order chi connectivity index (χ0) is 12.7. The number of allylic oxidation sites excluding steroid dienone is 1. The van der Waals surface area contributed by atoms with Crippen molar-refractivity contribution in [2.45, 2.75) is 19.8 Å². The number of rotatable bonds is 6. The van der Waals surface area contributed by atoms with E-state index in [0.29, 0.717) is 5.69 Å². The molecule has 0 radical (unpaired) electrons. The van der Waals surface area contributed by atoms with Crippen LogP contribution in [0.25, 0.3) is 0 Å². The number of para-hydroxylation sites is 1. The number of hydrogen-bond donors (Lipinski definition) is 0. The van der Waals surface area contributed by atoms with Gasteiger partial charge in [-0.15, -0.1) is 0 Å². The van der Waals surface area contributed by atoms with E-state index in [0.717, 1.165) is 12.8 Å². The van der Waals surface area contributed by atoms with Crippen LogP contribution < -0.4 is 4.31 Å².